The minimum atomic E-state index is -0.251. The number of aryl methyl sites for hydroxylation is 2. The fraction of sp³-hybridized carbons (Fsp3) is 0.316. The molecule has 1 aromatic carbocycles. The lowest BCUT2D eigenvalue weighted by Gasteiger charge is -2.19. The lowest BCUT2D eigenvalue weighted by molar-refractivity contribution is -0.121. The minimum absolute atomic E-state index is 0.0349. The van der Waals surface area contributed by atoms with Crippen LogP contribution in [0.5, 0.6) is 0 Å². The molecule has 1 fully saturated rings. The molecular weight excluding hydrogens is 396 g/mol. The van der Waals surface area contributed by atoms with Crippen molar-refractivity contribution in [1.29, 1.82) is 0 Å². The van der Waals surface area contributed by atoms with Gasteiger partial charge in [0.25, 0.3) is 5.56 Å². The topological polar surface area (TPSA) is 79.3 Å². The Kier molecular flexibility index (Phi) is 3.99. The highest BCUT2D eigenvalue weighted by Gasteiger charge is 2.45. The summed E-state index contributed by atoms with van der Waals surface area (Å²) in [7, 11) is 0. The molecule has 0 radical (unpaired) electrons. The number of rotatable bonds is 4. The van der Waals surface area contributed by atoms with Gasteiger partial charge >= 0.3 is 0 Å². The van der Waals surface area contributed by atoms with E-state index < -0.39 is 0 Å². The van der Waals surface area contributed by atoms with Gasteiger partial charge in [0.1, 0.15) is 0 Å². The van der Waals surface area contributed by atoms with Crippen molar-refractivity contribution in [3.05, 3.63) is 67.7 Å². The number of amides is 1. The van der Waals surface area contributed by atoms with Crippen molar-refractivity contribution in [3.63, 3.8) is 0 Å². The number of benzene rings is 1. The molecule has 7 heteroatoms. The Hall–Kier alpha value is -2.41. The summed E-state index contributed by atoms with van der Waals surface area (Å²) in [5, 5.41) is 5.92. The Labute approximate surface area is 158 Å². The van der Waals surface area contributed by atoms with Crippen molar-refractivity contribution < 1.29 is 4.79 Å². The number of nitrogens with one attached hydrogen (secondary N) is 2. The standard InChI is InChI=1S/C19H19BrN4O2/c1-11-15(12(2)24-16(21-11)10-18(26)23-24)9-17(25)22-19(7-8-19)13-3-5-14(20)6-4-13/h3-6,10H,7-9H2,1-2H3,(H,22,25)(H,23,26). The average molecular weight is 415 g/mol. The van der Waals surface area contributed by atoms with Crippen molar-refractivity contribution in [2.45, 2.75) is 38.6 Å². The van der Waals surface area contributed by atoms with Gasteiger partial charge in [-0.25, -0.2) is 9.50 Å². The molecule has 6 nitrogen and oxygen atoms in total. The third-order valence-electron chi connectivity index (χ3n) is 5.07. The van der Waals surface area contributed by atoms with E-state index in [0.29, 0.717) is 5.65 Å². The van der Waals surface area contributed by atoms with Crippen LogP contribution in [-0.2, 0) is 16.8 Å². The van der Waals surface area contributed by atoms with Crippen molar-refractivity contribution in [3.8, 4) is 0 Å². The molecule has 1 amide bonds. The van der Waals surface area contributed by atoms with Crippen LogP contribution in [0.2, 0.25) is 0 Å². The first-order valence-corrected chi connectivity index (χ1v) is 9.32. The first-order chi connectivity index (χ1) is 12.4. The predicted molar refractivity (Wildman–Crippen MR) is 102 cm³/mol. The van der Waals surface area contributed by atoms with Crippen molar-refractivity contribution in [2.24, 2.45) is 0 Å². The van der Waals surface area contributed by atoms with Gasteiger partial charge in [0.05, 0.1) is 12.0 Å². The number of H-pyrrole nitrogens is 1. The molecule has 0 bridgehead atoms. The molecule has 3 aromatic rings. The first kappa shape index (κ1) is 17.0. The zero-order valence-corrected chi connectivity index (χ0v) is 16.2. The Balaban J connectivity index is 1.58. The summed E-state index contributed by atoms with van der Waals surface area (Å²) in [5.74, 6) is -0.0349. The third kappa shape index (κ3) is 2.96. The van der Waals surface area contributed by atoms with Gasteiger partial charge in [0.15, 0.2) is 5.65 Å². The second-order valence-electron chi connectivity index (χ2n) is 6.89. The Morgan fingerprint density at radius 3 is 2.65 bits per heavy atom. The van der Waals surface area contributed by atoms with Crippen LogP contribution in [0.3, 0.4) is 0 Å². The maximum atomic E-state index is 12.7. The lowest BCUT2D eigenvalue weighted by Crippen LogP contribution is -2.36. The normalized spacial score (nSPS) is 15.2. The molecule has 26 heavy (non-hydrogen) atoms. The maximum absolute atomic E-state index is 12.7. The summed E-state index contributed by atoms with van der Waals surface area (Å²) in [4.78, 5) is 28.7. The summed E-state index contributed by atoms with van der Waals surface area (Å²) in [5.41, 5.74) is 3.69. The molecule has 0 spiro atoms. The van der Waals surface area contributed by atoms with Gasteiger partial charge in [-0.15, -0.1) is 0 Å². The second kappa shape index (κ2) is 6.09. The number of nitrogens with zero attached hydrogens (tertiary/aromatic N) is 2. The summed E-state index contributed by atoms with van der Waals surface area (Å²) in [6.07, 6.45) is 2.13. The monoisotopic (exact) mass is 414 g/mol. The van der Waals surface area contributed by atoms with E-state index in [0.717, 1.165) is 39.8 Å². The van der Waals surface area contributed by atoms with E-state index in [-0.39, 0.29) is 23.4 Å². The van der Waals surface area contributed by atoms with Gasteiger partial charge in [-0.2, -0.15) is 0 Å². The third-order valence-corrected chi connectivity index (χ3v) is 5.59. The molecule has 1 aliphatic rings. The van der Waals surface area contributed by atoms with E-state index in [1.54, 1.807) is 4.52 Å². The highest BCUT2D eigenvalue weighted by molar-refractivity contribution is 9.10. The Morgan fingerprint density at radius 1 is 1.31 bits per heavy atom. The highest BCUT2D eigenvalue weighted by Crippen LogP contribution is 2.45. The van der Waals surface area contributed by atoms with Gasteiger partial charge in [0.2, 0.25) is 5.91 Å². The van der Waals surface area contributed by atoms with Crippen molar-refractivity contribution in [1.82, 2.24) is 19.9 Å². The number of aromatic amines is 1. The fourth-order valence-corrected chi connectivity index (χ4v) is 3.73. The minimum Gasteiger partial charge on any atom is -0.346 e. The van der Waals surface area contributed by atoms with E-state index in [2.05, 4.69) is 31.3 Å². The molecule has 1 saturated carbocycles. The van der Waals surface area contributed by atoms with Crippen LogP contribution in [0.25, 0.3) is 5.65 Å². The van der Waals surface area contributed by atoms with Crippen LogP contribution in [0.4, 0.5) is 0 Å². The van der Waals surface area contributed by atoms with Gasteiger partial charge in [-0.1, -0.05) is 28.1 Å². The molecule has 0 saturated heterocycles. The zero-order valence-electron chi connectivity index (χ0n) is 14.6. The molecule has 134 valence electrons. The second-order valence-corrected chi connectivity index (χ2v) is 7.80. The summed E-state index contributed by atoms with van der Waals surface area (Å²) in [6, 6.07) is 9.54. The van der Waals surface area contributed by atoms with Gasteiger partial charge in [-0.05, 0) is 44.4 Å². The highest BCUT2D eigenvalue weighted by atomic mass is 79.9. The van der Waals surface area contributed by atoms with Crippen molar-refractivity contribution in [2.75, 3.05) is 0 Å². The van der Waals surface area contributed by atoms with Gasteiger partial charge < -0.3 is 5.32 Å². The number of carbonyl (C=O) groups is 1. The largest absolute Gasteiger partial charge is 0.346 e. The van der Waals surface area contributed by atoms with E-state index in [4.69, 9.17) is 0 Å². The quantitative estimate of drug-likeness (QED) is 0.688. The zero-order chi connectivity index (χ0) is 18.5. The molecule has 0 unspecified atom stereocenters. The van der Waals surface area contributed by atoms with Crippen LogP contribution in [-0.4, -0.2) is 20.5 Å². The van der Waals surface area contributed by atoms with E-state index in [1.807, 2.05) is 38.1 Å². The summed E-state index contributed by atoms with van der Waals surface area (Å²) < 4.78 is 2.66. The molecule has 2 N–H and O–H groups in total. The maximum Gasteiger partial charge on any atom is 0.266 e. The van der Waals surface area contributed by atoms with Gasteiger partial charge in [0, 0.05) is 27.5 Å². The van der Waals surface area contributed by atoms with E-state index >= 15 is 0 Å². The number of carbonyl (C=O) groups excluding carboxylic acids is 1. The van der Waals surface area contributed by atoms with Crippen LogP contribution < -0.4 is 10.9 Å². The Morgan fingerprint density at radius 2 is 2.00 bits per heavy atom. The molecule has 2 heterocycles. The number of halogens is 1. The number of fused-ring (bicyclic) bond motifs is 1. The first-order valence-electron chi connectivity index (χ1n) is 8.53. The number of hydrogen-bond donors (Lipinski definition) is 2. The van der Waals surface area contributed by atoms with Crippen LogP contribution in [0.15, 0.2) is 39.6 Å². The van der Waals surface area contributed by atoms with E-state index in [9.17, 15) is 9.59 Å². The Bertz CT molecular complexity index is 1060. The summed E-state index contributed by atoms with van der Waals surface area (Å²) in [6.45, 7) is 3.76. The SMILES string of the molecule is Cc1nc2cc(=O)[nH]n2c(C)c1CC(=O)NC1(c2ccc(Br)cc2)CC1. The molecular formula is C19H19BrN4O2. The van der Waals surface area contributed by atoms with E-state index in [1.165, 1.54) is 6.07 Å². The molecule has 4 rings (SSSR count). The predicted octanol–water partition coefficient (Wildman–Crippen LogP) is 2.75. The molecule has 0 aliphatic heterocycles. The van der Waals surface area contributed by atoms with Crippen molar-refractivity contribution >= 4 is 27.5 Å². The smallest absolute Gasteiger partial charge is 0.266 e. The molecule has 1 aliphatic carbocycles. The number of aromatic nitrogens is 3. The average Bonchev–Trinajstić information content (AvgIpc) is 3.26. The van der Waals surface area contributed by atoms with Crippen LogP contribution in [0, 0.1) is 13.8 Å². The van der Waals surface area contributed by atoms with Gasteiger partial charge in [-0.3, -0.25) is 14.7 Å². The van der Waals surface area contributed by atoms with Crippen LogP contribution in [0.1, 0.15) is 35.4 Å². The molecule has 2 aromatic heterocycles. The van der Waals surface area contributed by atoms with Crippen LogP contribution >= 0.6 is 15.9 Å². The fourth-order valence-electron chi connectivity index (χ4n) is 3.46. The summed E-state index contributed by atoms with van der Waals surface area (Å²) >= 11 is 3.44. The lowest BCUT2D eigenvalue weighted by atomic mass is 10.0. The number of hydrogen-bond acceptors (Lipinski definition) is 3. The molecule has 0 atom stereocenters.